The highest BCUT2D eigenvalue weighted by Gasteiger charge is 2.36. The Hall–Kier alpha value is -0.960. The van der Waals surface area contributed by atoms with Crippen LogP contribution in [0.1, 0.15) is 31.4 Å². The van der Waals surface area contributed by atoms with Gasteiger partial charge < -0.3 is 0 Å². The molecule has 1 atom stereocenters. The molecule has 19 heavy (non-hydrogen) atoms. The minimum Gasteiger partial charge on any atom is -0.225 e. The van der Waals surface area contributed by atoms with Crippen molar-refractivity contribution in [3.05, 3.63) is 29.8 Å². The molecule has 0 aromatic heterocycles. The van der Waals surface area contributed by atoms with Crippen LogP contribution in [0.15, 0.2) is 29.2 Å². The first-order chi connectivity index (χ1) is 8.70. The lowest BCUT2D eigenvalue weighted by molar-refractivity contribution is 0.565. The van der Waals surface area contributed by atoms with Gasteiger partial charge in [0.05, 0.1) is 10.1 Å². The smallest absolute Gasteiger partial charge is 0.225 e. The van der Waals surface area contributed by atoms with E-state index in [1.54, 1.807) is 19.1 Å². The fourth-order valence-electron chi connectivity index (χ4n) is 1.74. The van der Waals surface area contributed by atoms with Crippen LogP contribution in [0.2, 0.25) is 0 Å². The average molecular weight is 304 g/mol. The van der Waals surface area contributed by atoms with Crippen molar-refractivity contribution >= 4 is 20.0 Å². The molecule has 3 N–H and O–H groups in total. The summed E-state index contributed by atoms with van der Waals surface area (Å²) in [6, 6.07) is 5.44. The number of hydrogen-bond acceptors (Lipinski definition) is 4. The van der Waals surface area contributed by atoms with E-state index in [9.17, 15) is 16.8 Å². The third kappa shape index (κ3) is 3.53. The Morgan fingerprint density at radius 3 is 2.11 bits per heavy atom. The minimum atomic E-state index is -3.72. The Morgan fingerprint density at radius 2 is 1.68 bits per heavy atom. The zero-order chi connectivity index (χ0) is 14.3. The van der Waals surface area contributed by atoms with Crippen molar-refractivity contribution in [2.75, 3.05) is 0 Å². The quantitative estimate of drug-likeness (QED) is 0.825. The standard InChI is InChI=1S/C11H16N2O4S2/c1-8(13-19(16,17)11-6-7-11)9-2-4-10(5-3-9)18(12,14)15/h2-5,8,11,13H,6-7H2,1H3,(H2,12,14,15). The predicted octanol–water partition coefficient (Wildman–Crippen LogP) is 0.477. The molecule has 1 unspecified atom stereocenters. The lowest BCUT2D eigenvalue weighted by Gasteiger charge is -2.14. The molecule has 1 aromatic carbocycles. The Morgan fingerprint density at radius 1 is 1.16 bits per heavy atom. The number of nitrogens with one attached hydrogen (secondary N) is 1. The molecule has 1 aliphatic rings. The van der Waals surface area contributed by atoms with Gasteiger partial charge in [-0.3, -0.25) is 0 Å². The van der Waals surface area contributed by atoms with E-state index in [-0.39, 0.29) is 10.1 Å². The molecule has 1 aromatic rings. The summed E-state index contributed by atoms with van der Waals surface area (Å²) in [5.74, 6) is 0. The molecule has 0 spiro atoms. The largest absolute Gasteiger partial charge is 0.238 e. The number of benzene rings is 1. The van der Waals surface area contributed by atoms with Crippen LogP contribution in [-0.4, -0.2) is 22.1 Å². The number of hydrogen-bond donors (Lipinski definition) is 2. The van der Waals surface area contributed by atoms with E-state index in [2.05, 4.69) is 4.72 Å². The summed E-state index contributed by atoms with van der Waals surface area (Å²) in [5, 5.41) is 4.71. The van der Waals surface area contributed by atoms with Crippen LogP contribution in [0.4, 0.5) is 0 Å². The van der Waals surface area contributed by atoms with E-state index in [4.69, 9.17) is 5.14 Å². The second-order valence-electron chi connectivity index (χ2n) is 4.70. The van der Waals surface area contributed by atoms with E-state index >= 15 is 0 Å². The topological polar surface area (TPSA) is 106 Å². The molecule has 1 fully saturated rings. The van der Waals surface area contributed by atoms with E-state index in [1.807, 2.05) is 0 Å². The lowest BCUT2D eigenvalue weighted by atomic mass is 10.1. The molecular weight excluding hydrogens is 288 g/mol. The third-order valence-corrected chi connectivity index (χ3v) is 5.97. The Kier molecular flexibility index (Phi) is 3.69. The molecule has 6 nitrogen and oxygen atoms in total. The summed E-state index contributed by atoms with van der Waals surface area (Å²) in [5.41, 5.74) is 0.691. The fourth-order valence-corrected chi connectivity index (χ4v) is 3.83. The number of nitrogens with two attached hydrogens (primary N) is 1. The van der Waals surface area contributed by atoms with Gasteiger partial charge in [-0.15, -0.1) is 0 Å². The first-order valence-corrected chi connectivity index (χ1v) is 8.93. The summed E-state index contributed by atoms with van der Waals surface area (Å²) in [6.45, 7) is 1.71. The monoisotopic (exact) mass is 304 g/mol. The van der Waals surface area contributed by atoms with Crippen LogP contribution in [0, 0.1) is 0 Å². The molecule has 0 aliphatic heterocycles. The van der Waals surface area contributed by atoms with Gasteiger partial charge in [0.2, 0.25) is 20.0 Å². The SMILES string of the molecule is CC(NS(=O)(=O)C1CC1)c1ccc(S(N)(=O)=O)cc1. The maximum absolute atomic E-state index is 11.8. The zero-order valence-electron chi connectivity index (χ0n) is 10.4. The number of primary sulfonamides is 1. The molecule has 0 saturated heterocycles. The van der Waals surface area contributed by atoms with Gasteiger partial charge in [-0.25, -0.2) is 26.7 Å². The van der Waals surface area contributed by atoms with Gasteiger partial charge in [0, 0.05) is 6.04 Å². The van der Waals surface area contributed by atoms with Crippen LogP contribution in [0.3, 0.4) is 0 Å². The molecule has 2 rings (SSSR count). The average Bonchev–Trinajstić information content (AvgIpc) is 3.11. The van der Waals surface area contributed by atoms with Gasteiger partial charge in [0.15, 0.2) is 0 Å². The number of sulfonamides is 2. The molecular formula is C11H16N2O4S2. The van der Waals surface area contributed by atoms with Gasteiger partial charge in [-0.2, -0.15) is 0 Å². The van der Waals surface area contributed by atoms with Gasteiger partial charge in [0.1, 0.15) is 0 Å². The van der Waals surface area contributed by atoms with Crippen molar-refractivity contribution in [3.63, 3.8) is 0 Å². The molecule has 0 bridgehead atoms. The summed E-state index contributed by atoms with van der Waals surface area (Å²) in [6.07, 6.45) is 1.40. The van der Waals surface area contributed by atoms with Gasteiger partial charge >= 0.3 is 0 Å². The van der Waals surface area contributed by atoms with Crippen LogP contribution in [0.25, 0.3) is 0 Å². The lowest BCUT2D eigenvalue weighted by Crippen LogP contribution is -2.29. The van der Waals surface area contributed by atoms with Crippen molar-refractivity contribution in [3.8, 4) is 0 Å². The fraction of sp³-hybridized carbons (Fsp3) is 0.455. The summed E-state index contributed by atoms with van der Waals surface area (Å²) in [7, 11) is -6.99. The van der Waals surface area contributed by atoms with Crippen LogP contribution >= 0.6 is 0 Å². The van der Waals surface area contributed by atoms with Crippen LogP contribution < -0.4 is 9.86 Å². The maximum Gasteiger partial charge on any atom is 0.238 e. The number of rotatable bonds is 5. The minimum absolute atomic E-state index is 0.00787. The molecule has 1 aliphatic carbocycles. The van der Waals surface area contributed by atoms with Gasteiger partial charge in [-0.1, -0.05) is 12.1 Å². The first kappa shape index (κ1) is 14.4. The van der Waals surface area contributed by atoms with E-state index < -0.39 is 26.1 Å². The highest BCUT2D eigenvalue weighted by atomic mass is 32.2. The highest BCUT2D eigenvalue weighted by molar-refractivity contribution is 7.90. The van der Waals surface area contributed by atoms with Gasteiger partial charge in [-0.05, 0) is 37.5 Å². The summed E-state index contributed by atoms with van der Waals surface area (Å²) in [4.78, 5) is 0.00787. The second kappa shape index (κ2) is 4.86. The summed E-state index contributed by atoms with van der Waals surface area (Å²) < 4.78 is 48.3. The van der Waals surface area contributed by atoms with E-state index in [0.29, 0.717) is 18.4 Å². The third-order valence-electron chi connectivity index (χ3n) is 3.01. The van der Waals surface area contributed by atoms with Crippen molar-refractivity contribution < 1.29 is 16.8 Å². The van der Waals surface area contributed by atoms with Gasteiger partial charge in [0.25, 0.3) is 0 Å². The van der Waals surface area contributed by atoms with Crippen LogP contribution in [-0.2, 0) is 20.0 Å². The Bertz CT molecular complexity index is 661. The second-order valence-corrected chi connectivity index (χ2v) is 8.25. The molecule has 0 amide bonds. The summed E-state index contributed by atoms with van der Waals surface area (Å²) >= 11 is 0. The van der Waals surface area contributed by atoms with Crippen molar-refractivity contribution in [2.24, 2.45) is 5.14 Å². The molecule has 106 valence electrons. The van der Waals surface area contributed by atoms with Crippen LogP contribution in [0.5, 0.6) is 0 Å². The predicted molar refractivity (Wildman–Crippen MR) is 71.3 cm³/mol. The van der Waals surface area contributed by atoms with E-state index in [0.717, 1.165) is 0 Å². The first-order valence-electron chi connectivity index (χ1n) is 5.84. The molecule has 0 radical (unpaired) electrons. The highest BCUT2D eigenvalue weighted by Crippen LogP contribution is 2.29. The van der Waals surface area contributed by atoms with Crippen molar-refractivity contribution in [2.45, 2.75) is 36.0 Å². The molecule has 1 saturated carbocycles. The van der Waals surface area contributed by atoms with E-state index in [1.165, 1.54) is 12.1 Å². The Balaban J connectivity index is 2.14. The molecule has 8 heteroatoms. The molecule has 0 heterocycles. The zero-order valence-corrected chi connectivity index (χ0v) is 12.0. The normalized spacial score (nSPS) is 18.2. The Labute approximate surface area is 113 Å². The maximum atomic E-state index is 11.8. The van der Waals surface area contributed by atoms with Crippen molar-refractivity contribution in [1.29, 1.82) is 0 Å². The van der Waals surface area contributed by atoms with Crippen molar-refractivity contribution in [1.82, 2.24) is 4.72 Å².